The lowest BCUT2D eigenvalue weighted by molar-refractivity contribution is 0.0709. The molecule has 5 nitrogen and oxygen atoms in total. The zero-order valence-corrected chi connectivity index (χ0v) is 13.3. The smallest absolute Gasteiger partial charge is 0.273 e. The van der Waals surface area contributed by atoms with Gasteiger partial charge in [-0.1, -0.05) is 0 Å². The number of aromatic nitrogens is 1. The second kappa shape index (κ2) is 6.46. The number of hydrogen-bond acceptors (Lipinski definition) is 5. The molecule has 116 valence electrons. The summed E-state index contributed by atoms with van der Waals surface area (Å²) in [6.45, 7) is 1.44. The Morgan fingerprint density at radius 2 is 2.00 bits per heavy atom. The Morgan fingerprint density at radius 1 is 1.32 bits per heavy atom. The van der Waals surface area contributed by atoms with E-state index in [2.05, 4.69) is 4.98 Å². The maximum Gasteiger partial charge on any atom is 0.273 e. The molecular weight excluding hydrogens is 298 g/mol. The molecule has 0 unspecified atom stereocenters. The minimum absolute atomic E-state index is 0.00270. The van der Waals surface area contributed by atoms with Crippen molar-refractivity contribution in [3.05, 3.63) is 35.3 Å². The highest BCUT2D eigenvalue weighted by atomic mass is 32.1. The van der Waals surface area contributed by atoms with Crippen molar-refractivity contribution in [1.29, 1.82) is 0 Å². The van der Waals surface area contributed by atoms with Crippen LogP contribution in [0, 0.1) is 0 Å². The van der Waals surface area contributed by atoms with Gasteiger partial charge in [-0.25, -0.2) is 4.98 Å². The lowest BCUT2D eigenvalue weighted by Crippen LogP contribution is -2.42. The number of rotatable bonds is 3. The fraction of sp³-hybridized carbons (Fsp3) is 0.375. The summed E-state index contributed by atoms with van der Waals surface area (Å²) < 4.78 is 5.15. The van der Waals surface area contributed by atoms with Gasteiger partial charge in [-0.3, -0.25) is 4.79 Å². The molecule has 0 atom stereocenters. The zero-order valence-electron chi connectivity index (χ0n) is 12.5. The number of thiazole rings is 1. The minimum atomic E-state index is 0.00270. The number of piperidine rings is 1. The second-order valence-corrected chi connectivity index (χ2v) is 6.25. The van der Waals surface area contributed by atoms with Gasteiger partial charge in [0.2, 0.25) is 0 Å². The number of hydrogen-bond donors (Lipinski definition) is 1. The third-order valence-corrected chi connectivity index (χ3v) is 4.78. The lowest BCUT2D eigenvalue weighted by atomic mass is 10.1. The SMILES string of the molecule is COc1ccc(-c2nc(C(=O)N3CCC(N)CC3)cs2)cc1. The van der Waals surface area contributed by atoms with Crippen LogP contribution in [0.15, 0.2) is 29.6 Å². The third-order valence-electron chi connectivity index (χ3n) is 3.89. The standard InChI is InChI=1S/C16H19N3O2S/c1-21-13-4-2-11(3-5-13)15-18-14(10-22-15)16(20)19-8-6-12(17)7-9-19/h2-5,10,12H,6-9,17H2,1H3. The van der Waals surface area contributed by atoms with Gasteiger partial charge < -0.3 is 15.4 Å². The van der Waals surface area contributed by atoms with Crippen LogP contribution in [0.5, 0.6) is 5.75 Å². The van der Waals surface area contributed by atoms with E-state index in [0.29, 0.717) is 5.69 Å². The van der Waals surface area contributed by atoms with Crippen LogP contribution in [0.1, 0.15) is 23.3 Å². The molecule has 3 rings (SSSR count). The van der Waals surface area contributed by atoms with Crippen LogP contribution in [0.2, 0.25) is 0 Å². The highest BCUT2D eigenvalue weighted by molar-refractivity contribution is 7.13. The molecule has 22 heavy (non-hydrogen) atoms. The molecule has 1 saturated heterocycles. The van der Waals surface area contributed by atoms with Gasteiger partial charge in [0.15, 0.2) is 0 Å². The fourth-order valence-corrected chi connectivity index (χ4v) is 3.30. The number of ether oxygens (including phenoxy) is 1. The van der Waals surface area contributed by atoms with E-state index in [1.54, 1.807) is 7.11 Å². The van der Waals surface area contributed by atoms with Crippen molar-refractivity contribution in [3.8, 4) is 16.3 Å². The summed E-state index contributed by atoms with van der Waals surface area (Å²) in [5.74, 6) is 0.809. The van der Waals surface area contributed by atoms with Crippen LogP contribution >= 0.6 is 11.3 Å². The van der Waals surface area contributed by atoms with Crippen molar-refractivity contribution in [2.45, 2.75) is 18.9 Å². The van der Waals surface area contributed by atoms with Crippen LogP contribution in [-0.2, 0) is 0 Å². The summed E-state index contributed by atoms with van der Waals surface area (Å²) in [6, 6.07) is 7.90. The zero-order chi connectivity index (χ0) is 15.5. The number of methoxy groups -OCH3 is 1. The van der Waals surface area contributed by atoms with E-state index in [4.69, 9.17) is 10.5 Å². The molecule has 1 aliphatic heterocycles. The molecule has 1 fully saturated rings. The van der Waals surface area contributed by atoms with Crippen molar-refractivity contribution in [3.63, 3.8) is 0 Å². The first-order valence-electron chi connectivity index (χ1n) is 7.32. The summed E-state index contributed by atoms with van der Waals surface area (Å²) in [5, 5.41) is 2.68. The minimum Gasteiger partial charge on any atom is -0.497 e. The van der Waals surface area contributed by atoms with E-state index in [1.807, 2.05) is 34.5 Å². The van der Waals surface area contributed by atoms with Crippen LogP contribution < -0.4 is 10.5 Å². The number of nitrogens with zero attached hydrogens (tertiary/aromatic N) is 2. The number of nitrogens with two attached hydrogens (primary N) is 1. The molecule has 1 amide bonds. The molecule has 1 aromatic carbocycles. The van der Waals surface area contributed by atoms with Crippen LogP contribution in [0.3, 0.4) is 0 Å². The second-order valence-electron chi connectivity index (χ2n) is 5.40. The average Bonchev–Trinajstić information content (AvgIpc) is 3.05. The highest BCUT2D eigenvalue weighted by Crippen LogP contribution is 2.26. The van der Waals surface area contributed by atoms with E-state index >= 15 is 0 Å². The molecule has 2 heterocycles. The molecule has 6 heteroatoms. The molecule has 0 spiro atoms. The largest absolute Gasteiger partial charge is 0.497 e. The van der Waals surface area contributed by atoms with E-state index in [0.717, 1.165) is 42.3 Å². The van der Waals surface area contributed by atoms with Crippen LogP contribution in [-0.4, -0.2) is 42.0 Å². The molecular formula is C16H19N3O2S. The van der Waals surface area contributed by atoms with Gasteiger partial charge in [0.25, 0.3) is 5.91 Å². The third kappa shape index (κ3) is 3.13. The van der Waals surface area contributed by atoms with Crippen LogP contribution in [0.25, 0.3) is 10.6 Å². The molecule has 0 aliphatic carbocycles. The van der Waals surface area contributed by atoms with Gasteiger partial charge in [-0.2, -0.15) is 0 Å². The normalized spacial score (nSPS) is 15.8. The van der Waals surface area contributed by atoms with Crippen molar-refractivity contribution < 1.29 is 9.53 Å². The van der Waals surface area contributed by atoms with Crippen molar-refractivity contribution in [1.82, 2.24) is 9.88 Å². The summed E-state index contributed by atoms with van der Waals surface area (Å²) in [6.07, 6.45) is 1.72. The first-order valence-corrected chi connectivity index (χ1v) is 8.20. The van der Waals surface area contributed by atoms with E-state index in [9.17, 15) is 4.79 Å². The predicted molar refractivity (Wildman–Crippen MR) is 87.2 cm³/mol. The summed E-state index contributed by atoms with van der Waals surface area (Å²) in [5.41, 5.74) is 7.39. The topological polar surface area (TPSA) is 68.5 Å². The van der Waals surface area contributed by atoms with Gasteiger partial charge in [0.1, 0.15) is 16.5 Å². The van der Waals surface area contributed by atoms with Crippen molar-refractivity contribution in [2.24, 2.45) is 5.73 Å². The Hall–Kier alpha value is -1.92. The van der Waals surface area contributed by atoms with Gasteiger partial charge in [-0.15, -0.1) is 11.3 Å². The first kappa shape index (κ1) is 15.0. The number of likely N-dealkylation sites (tertiary alicyclic amines) is 1. The van der Waals surface area contributed by atoms with E-state index in [-0.39, 0.29) is 11.9 Å². The highest BCUT2D eigenvalue weighted by Gasteiger charge is 2.23. The summed E-state index contributed by atoms with van der Waals surface area (Å²) >= 11 is 1.48. The maximum atomic E-state index is 12.5. The first-order chi connectivity index (χ1) is 10.7. The molecule has 1 aromatic heterocycles. The maximum absolute atomic E-state index is 12.5. The van der Waals surface area contributed by atoms with Crippen LogP contribution in [0.4, 0.5) is 0 Å². The number of amides is 1. The monoisotopic (exact) mass is 317 g/mol. The van der Waals surface area contributed by atoms with Gasteiger partial charge in [0.05, 0.1) is 7.11 Å². The van der Waals surface area contributed by atoms with Gasteiger partial charge in [0, 0.05) is 30.1 Å². The molecule has 2 N–H and O–H groups in total. The van der Waals surface area contributed by atoms with Gasteiger partial charge >= 0.3 is 0 Å². The molecule has 1 aliphatic rings. The summed E-state index contributed by atoms with van der Waals surface area (Å²) in [7, 11) is 1.64. The van der Waals surface area contributed by atoms with E-state index < -0.39 is 0 Å². The molecule has 2 aromatic rings. The van der Waals surface area contributed by atoms with Crippen molar-refractivity contribution in [2.75, 3.05) is 20.2 Å². The Balaban J connectivity index is 1.73. The quantitative estimate of drug-likeness (QED) is 0.944. The Morgan fingerprint density at radius 3 is 2.64 bits per heavy atom. The number of carbonyl (C=O) groups is 1. The summed E-state index contributed by atoms with van der Waals surface area (Å²) in [4.78, 5) is 18.8. The molecule has 0 bridgehead atoms. The number of carbonyl (C=O) groups excluding carboxylic acids is 1. The molecule has 0 radical (unpaired) electrons. The number of benzene rings is 1. The van der Waals surface area contributed by atoms with E-state index in [1.165, 1.54) is 11.3 Å². The Bertz CT molecular complexity index is 646. The predicted octanol–water partition coefficient (Wildman–Crippen LogP) is 2.38. The van der Waals surface area contributed by atoms with Crippen molar-refractivity contribution >= 4 is 17.2 Å². The fourth-order valence-electron chi connectivity index (χ4n) is 2.50. The lowest BCUT2D eigenvalue weighted by Gasteiger charge is -2.29. The van der Waals surface area contributed by atoms with Gasteiger partial charge in [-0.05, 0) is 37.1 Å². The Kier molecular flexibility index (Phi) is 4.40. The average molecular weight is 317 g/mol. The molecule has 0 saturated carbocycles. The Labute approximate surface area is 133 Å².